The largest absolute Gasteiger partial charge is 0.350 e. The highest BCUT2D eigenvalue weighted by atomic mass is 16.2. The van der Waals surface area contributed by atoms with Crippen molar-refractivity contribution in [1.82, 2.24) is 10.2 Å². The zero-order valence-corrected chi connectivity index (χ0v) is 9.85. The maximum absolute atomic E-state index is 11.8. The van der Waals surface area contributed by atoms with Gasteiger partial charge in [0.2, 0.25) is 11.8 Å². The van der Waals surface area contributed by atoms with Crippen LogP contribution in [0.3, 0.4) is 0 Å². The van der Waals surface area contributed by atoms with E-state index in [4.69, 9.17) is 0 Å². The Morgan fingerprint density at radius 1 is 1.41 bits per heavy atom. The summed E-state index contributed by atoms with van der Waals surface area (Å²) in [5.74, 6) is -0.0331. The molecule has 0 radical (unpaired) electrons. The topological polar surface area (TPSA) is 49.4 Å². The quantitative estimate of drug-likeness (QED) is 0.785. The van der Waals surface area contributed by atoms with Gasteiger partial charge in [-0.15, -0.1) is 0 Å². The van der Waals surface area contributed by atoms with Crippen LogP contribution in [-0.2, 0) is 16.1 Å². The predicted molar refractivity (Wildman–Crippen MR) is 64.1 cm³/mol. The fraction of sp³-hybridized carbons (Fsp3) is 0.385. The molecule has 1 aromatic carbocycles. The molecule has 1 aliphatic heterocycles. The number of likely N-dealkylation sites (tertiary alicyclic amines) is 1. The second-order valence-electron chi connectivity index (χ2n) is 4.22. The first-order chi connectivity index (χ1) is 8.18. The molecule has 2 amide bonds. The molecule has 1 aromatic rings. The van der Waals surface area contributed by atoms with Crippen molar-refractivity contribution >= 4 is 11.8 Å². The number of nitrogens with one attached hydrogen (secondary N) is 1. The Hall–Kier alpha value is -1.84. The number of benzene rings is 1. The van der Waals surface area contributed by atoms with Crippen LogP contribution in [0, 0.1) is 0 Å². The van der Waals surface area contributed by atoms with Gasteiger partial charge in [0.05, 0.1) is 0 Å². The summed E-state index contributed by atoms with van der Waals surface area (Å²) in [6.07, 6.45) is 0.566. The summed E-state index contributed by atoms with van der Waals surface area (Å²) in [6.45, 7) is 2.96. The molecule has 0 bridgehead atoms. The Kier molecular flexibility index (Phi) is 3.42. The molecular weight excluding hydrogens is 216 g/mol. The Balaban J connectivity index is 1.83. The molecular formula is C13H16N2O2. The Morgan fingerprint density at radius 3 is 2.65 bits per heavy atom. The van der Waals surface area contributed by atoms with Gasteiger partial charge in [-0.1, -0.05) is 30.3 Å². The van der Waals surface area contributed by atoms with Crippen molar-refractivity contribution in [3.05, 3.63) is 35.9 Å². The summed E-state index contributed by atoms with van der Waals surface area (Å²) in [4.78, 5) is 24.6. The zero-order valence-electron chi connectivity index (χ0n) is 9.85. The SMILES string of the molecule is C[C@H](C(=O)NCc1ccccc1)N1CCC1=O. The van der Waals surface area contributed by atoms with E-state index in [0.29, 0.717) is 19.5 Å². The number of amides is 2. The second-order valence-corrected chi connectivity index (χ2v) is 4.22. The van der Waals surface area contributed by atoms with E-state index in [2.05, 4.69) is 5.32 Å². The lowest BCUT2D eigenvalue weighted by Crippen LogP contribution is -2.54. The van der Waals surface area contributed by atoms with Gasteiger partial charge in [-0.25, -0.2) is 0 Å². The summed E-state index contributed by atoms with van der Waals surface area (Å²) < 4.78 is 0. The minimum absolute atomic E-state index is 0.0624. The van der Waals surface area contributed by atoms with Crippen molar-refractivity contribution < 1.29 is 9.59 Å². The fourth-order valence-corrected chi connectivity index (χ4v) is 1.82. The maximum Gasteiger partial charge on any atom is 0.242 e. The molecule has 17 heavy (non-hydrogen) atoms. The van der Waals surface area contributed by atoms with E-state index in [0.717, 1.165) is 5.56 Å². The van der Waals surface area contributed by atoms with E-state index < -0.39 is 0 Å². The molecule has 1 saturated heterocycles. The molecule has 4 heteroatoms. The minimum Gasteiger partial charge on any atom is -0.350 e. The molecule has 1 fully saturated rings. The molecule has 0 spiro atoms. The number of β-lactam (4-membered cyclic amide) rings is 1. The summed E-state index contributed by atoms with van der Waals surface area (Å²) >= 11 is 0. The van der Waals surface area contributed by atoms with Crippen molar-refractivity contribution in [3.8, 4) is 0 Å². The summed E-state index contributed by atoms with van der Waals surface area (Å²) in [5, 5.41) is 2.84. The Bertz CT molecular complexity index is 417. The molecule has 1 N–H and O–H groups in total. The minimum atomic E-state index is -0.361. The third kappa shape index (κ3) is 2.64. The highest BCUT2D eigenvalue weighted by molar-refractivity contribution is 5.90. The normalized spacial score (nSPS) is 16.3. The number of hydrogen-bond donors (Lipinski definition) is 1. The monoisotopic (exact) mass is 232 g/mol. The second kappa shape index (κ2) is 4.99. The van der Waals surface area contributed by atoms with Crippen LogP contribution in [0.5, 0.6) is 0 Å². The van der Waals surface area contributed by atoms with Crippen LogP contribution in [-0.4, -0.2) is 29.3 Å². The third-order valence-corrected chi connectivity index (χ3v) is 3.04. The molecule has 1 heterocycles. The van der Waals surface area contributed by atoms with Gasteiger partial charge in [-0.05, 0) is 12.5 Å². The van der Waals surface area contributed by atoms with E-state index >= 15 is 0 Å². The van der Waals surface area contributed by atoms with Gasteiger partial charge >= 0.3 is 0 Å². The molecule has 4 nitrogen and oxygen atoms in total. The molecule has 1 aliphatic rings. The number of carbonyl (C=O) groups is 2. The molecule has 0 aliphatic carbocycles. The molecule has 2 rings (SSSR count). The van der Waals surface area contributed by atoms with Crippen LogP contribution >= 0.6 is 0 Å². The van der Waals surface area contributed by atoms with Gasteiger partial charge in [0.15, 0.2) is 0 Å². The van der Waals surface area contributed by atoms with Crippen molar-refractivity contribution in [2.75, 3.05) is 6.54 Å². The van der Waals surface area contributed by atoms with Crippen molar-refractivity contribution in [3.63, 3.8) is 0 Å². The number of hydrogen-bond acceptors (Lipinski definition) is 2. The first-order valence-corrected chi connectivity index (χ1v) is 5.79. The van der Waals surface area contributed by atoms with E-state index in [9.17, 15) is 9.59 Å². The van der Waals surface area contributed by atoms with Crippen LogP contribution in [0.2, 0.25) is 0 Å². The third-order valence-electron chi connectivity index (χ3n) is 3.04. The van der Waals surface area contributed by atoms with E-state index in [1.54, 1.807) is 11.8 Å². The first-order valence-electron chi connectivity index (χ1n) is 5.79. The first kappa shape index (κ1) is 11.6. The van der Waals surface area contributed by atoms with Crippen molar-refractivity contribution in [1.29, 1.82) is 0 Å². The Labute approximate surface area is 101 Å². The van der Waals surface area contributed by atoms with E-state index in [1.807, 2.05) is 30.3 Å². The highest BCUT2D eigenvalue weighted by Crippen LogP contribution is 2.13. The summed E-state index contributed by atoms with van der Waals surface area (Å²) in [7, 11) is 0. The van der Waals surface area contributed by atoms with E-state index in [1.165, 1.54) is 0 Å². The maximum atomic E-state index is 11.8. The molecule has 0 unspecified atom stereocenters. The van der Waals surface area contributed by atoms with Gasteiger partial charge in [0.1, 0.15) is 6.04 Å². The number of carbonyl (C=O) groups excluding carboxylic acids is 2. The van der Waals surface area contributed by atoms with Crippen molar-refractivity contribution in [2.45, 2.75) is 25.9 Å². The molecule has 1 atom stereocenters. The van der Waals surface area contributed by atoms with Gasteiger partial charge in [0.25, 0.3) is 0 Å². The van der Waals surface area contributed by atoms with Gasteiger partial charge < -0.3 is 10.2 Å². The zero-order chi connectivity index (χ0) is 12.3. The van der Waals surface area contributed by atoms with Crippen LogP contribution in [0.25, 0.3) is 0 Å². The van der Waals surface area contributed by atoms with Crippen LogP contribution < -0.4 is 5.32 Å². The van der Waals surface area contributed by atoms with E-state index in [-0.39, 0.29) is 17.9 Å². The average molecular weight is 232 g/mol. The summed E-state index contributed by atoms with van der Waals surface area (Å²) in [5.41, 5.74) is 1.06. The molecule has 0 saturated carbocycles. The number of nitrogens with zero attached hydrogens (tertiary/aromatic N) is 1. The standard InChI is InChI=1S/C13H16N2O2/c1-10(15-8-7-12(15)16)13(17)14-9-11-5-3-2-4-6-11/h2-6,10H,7-9H2,1H3,(H,14,17)/t10-/m1/s1. The van der Waals surface area contributed by atoms with Crippen LogP contribution in [0.15, 0.2) is 30.3 Å². The molecule has 90 valence electrons. The van der Waals surface area contributed by atoms with Gasteiger partial charge in [-0.2, -0.15) is 0 Å². The lowest BCUT2D eigenvalue weighted by Gasteiger charge is -2.35. The van der Waals surface area contributed by atoms with Gasteiger partial charge in [0, 0.05) is 19.5 Å². The summed E-state index contributed by atoms with van der Waals surface area (Å²) in [6, 6.07) is 9.36. The van der Waals surface area contributed by atoms with Crippen molar-refractivity contribution in [2.24, 2.45) is 0 Å². The highest BCUT2D eigenvalue weighted by Gasteiger charge is 2.31. The van der Waals surface area contributed by atoms with Gasteiger partial charge in [-0.3, -0.25) is 9.59 Å². The van der Waals surface area contributed by atoms with Crippen LogP contribution in [0.1, 0.15) is 18.9 Å². The van der Waals surface area contributed by atoms with Crippen LogP contribution in [0.4, 0.5) is 0 Å². The average Bonchev–Trinajstić information content (AvgIpc) is 2.35. The number of rotatable bonds is 4. The predicted octanol–water partition coefficient (Wildman–Crippen LogP) is 0.924. The molecule has 0 aromatic heterocycles. The Morgan fingerprint density at radius 2 is 2.12 bits per heavy atom. The lowest BCUT2D eigenvalue weighted by molar-refractivity contribution is -0.147. The lowest BCUT2D eigenvalue weighted by atomic mass is 10.1. The fourth-order valence-electron chi connectivity index (χ4n) is 1.82. The smallest absolute Gasteiger partial charge is 0.242 e.